The molecule has 4 nitrogen and oxygen atoms in total. The van der Waals surface area contributed by atoms with Crippen LogP contribution < -0.4 is 5.32 Å². The molecule has 1 aliphatic rings. The summed E-state index contributed by atoms with van der Waals surface area (Å²) in [5.74, 6) is -1.49. The van der Waals surface area contributed by atoms with Crippen molar-refractivity contribution in [3.8, 4) is 0 Å². The van der Waals surface area contributed by atoms with Gasteiger partial charge in [-0.1, -0.05) is 13.0 Å². The van der Waals surface area contributed by atoms with Crippen LogP contribution in [0.25, 0.3) is 0 Å². The first-order chi connectivity index (χ1) is 11.1. The summed E-state index contributed by atoms with van der Waals surface area (Å²) in [6, 6.07) is 2.92. The van der Waals surface area contributed by atoms with Crippen molar-refractivity contribution in [2.24, 2.45) is 0 Å². The number of benzene rings is 1. The molecule has 0 radical (unpaired) electrons. The highest BCUT2D eigenvalue weighted by Gasteiger charge is 2.18. The number of amides is 1. The SMILES string of the molecule is CC[C@H](NC(=O)CCOC[C@H]1CCCO1)c1ccc(F)cc1F. The van der Waals surface area contributed by atoms with E-state index in [0.717, 1.165) is 25.5 Å². The second-order valence-electron chi connectivity index (χ2n) is 5.65. The van der Waals surface area contributed by atoms with Gasteiger partial charge < -0.3 is 14.8 Å². The van der Waals surface area contributed by atoms with Gasteiger partial charge in [-0.15, -0.1) is 0 Å². The van der Waals surface area contributed by atoms with E-state index in [4.69, 9.17) is 9.47 Å². The lowest BCUT2D eigenvalue weighted by Gasteiger charge is -2.18. The summed E-state index contributed by atoms with van der Waals surface area (Å²) in [5.41, 5.74) is 0.294. The van der Waals surface area contributed by atoms with Crippen molar-refractivity contribution in [2.75, 3.05) is 19.8 Å². The summed E-state index contributed by atoms with van der Waals surface area (Å²) in [7, 11) is 0. The number of rotatable bonds is 8. The third kappa shape index (κ3) is 5.55. The van der Waals surface area contributed by atoms with Gasteiger partial charge in [0.25, 0.3) is 0 Å². The van der Waals surface area contributed by atoms with Gasteiger partial charge in [0.1, 0.15) is 11.6 Å². The van der Waals surface area contributed by atoms with Gasteiger partial charge in [0.15, 0.2) is 0 Å². The number of nitrogens with one attached hydrogen (secondary N) is 1. The van der Waals surface area contributed by atoms with Crippen LogP contribution in [0.5, 0.6) is 0 Å². The number of hydrogen-bond acceptors (Lipinski definition) is 3. The van der Waals surface area contributed by atoms with Crippen molar-refractivity contribution in [1.82, 2.24) is 5.32 Å². The van der Waals surface area contributed by atoms with Gasteiger partial charge in [-0.2, -0.15) is 0 Å². The number of halogens is 2. The fourth-order valence-electron chi connectivity index (χ4n) is 2.61. The summed E-state index contributed by atoms with van der Waals surface area (Å²) in [6.45, 7) is 3.41. The van der Waals surface area contributed by atoms with Crippen LogP contribution in [-0.2, 0) is 14.3 Å². The first-order valence-corrected chi connectivity index (χ1v) is 8.03. The maximum Gasteiger partial charge on any atom is 0.222 e. The normalized spacial score (nSPS) is 18.8. The van der Waals surface area contributed by atoms with Crippen molar-refractivity contribution < 1.29 is 23.0 Å². The van der Waals surface area contributed by atoms with E-state index in [0.29, 0.717) is 25.2 Å². The molecule has 6 heteroatoms. The van der Waals surface area contributed by atoms with E-state index in [1.807, 2.05) is 6.92 Å². The monoisotopic (exact) mass is 327 g/mol. The Labute approximate surface area is 135 Å². The van der Waals surface area contributed by atoms with Crippen LogP contribution in [0.4, 0.5) is 8.78 Å². The zero-order valence-electron chi connectivity index (χ0n) is 13.3. The standard InChI is InChI=1S/C17H23F2NO3/c1-2-16(14-6-5-12(18)10-15(14)19)20-17(21)7-9-22-11-13-4-3-8-23-13/h5-6,10,13,16H,2-4,7-9,11H2,1H3,(H,20,21)/t13-,16+/m1/s1. The smallest absolute Gasteiger partial charge is 0.222 e. The number of carbonyl (C=O) groups is 1. The number of ether oxygens (including phenoxy) is 2. The molecule has 0 bridgehead atoms. The van der Waals surface area contributed by atoms with Crippen molar-refractivity contribution in [3.05, 3.63) is 35.4 Å². The van der Waals surface area contributed by atoms with Crippen LogP contribution in [-0.4, -0.2) is 31.8 Å². The molecule has 1 aromatic rings. The molecule has 1 amide bonds. The predicted molar refractivity (Wildman–Crippen MR) is 81.9 cm³/mol. The molecule has 0 aliphatic carbocycles. The van der Waals surface area contributed by atoms with E-state index in [1.165, 1.54) is 12.1 Å². The molecule has 0 saturated carbocycles. The molecule has 1 N–H and O–H groups in total. The Hall–Kier alpha value is -1.53. The summed E-state index contributed by atoms with van der Waals surface area (Å²) in [4.78, 5) is 11.9. The van der Waals surface area contributed by atoms with Gasteiger partial charge in [0, 0.05) is 24.7 Å². The van der Waals surface area contributed by atoms with Gasteiger partial charge in [0.05, 0.1) is 25.4 Å². The number of hydrogen-bond donors (Lipinski definition) is 1. The fraction of sp³-hybridized carbons (Fsp3) is 0.588. The van der Waals surface area contributed by atoms with E-state index in [-0.39, 0.29) is 18.4 Å². The average Bonchev–Trinajstić information content (AvgIpc) is 3.03. The van der Waals surface area contributed by atoms with E-state index < -0.39 is 17.7 Å². The Kier molecular flexibility index (Phi) is 6.92. The third-order valence-corrected chi connectivity index (χ3v) is 3.88. The molecule has 1 aliphatic heterocycles. The van der Waals surface area contributed by atoms with E-state index >= 15 is 0 Å². The Morgan fingerprint density at radius 1 is 1.48 bits per heavy atom. The predicted octanol–water partition coefficient (Wildman–Crippen LogP) is 3.12. The molecular weight excluding hydrogens is 304 g/mol. The van der Waals surface area contributed by atoms with Crippen LogP contribution in [0.1, 0.15) is 44.2 Å². The minimum atomic E-state index is -0.646. The molecular formula is C17H23F2NO3. The molecule has 0 spiro atoms. The third-order valence-electron chi connectivity index (χ3n) is 3.88. The molecule has 0 unspecified atom stereocenters. The minimum Gasteiger partial charge on any atom is -0.378 e. The summed E-state index contributed by atoms with van der Waals surface area (Å²) >= 11 is 0. The van der Waals surface area contributed by atoms with Crippen molar-refractivity contribution in [2.45, 2.75) is 44.8 Å². The first kappa shape index (κ1) is 17.8. The topological polar surface area (TPSA) is 47.6 Å². The zero-order chi connectivity index (χ0) is 16.7. The number of carbonyl (C=O) groups excluding carboxylic acids is 1. The maximum atomic E-state index is 13.8. The average molecular weight is 327 g/mol. The lowest BCUT2D eigenvalue weighted by atomic mass is 10.0. The second kappa shape index (κ2) is 8.93. The zero-order valence-corrected chi connectivity index (χ0v) is 13.3. The molecule has 2 rings (SSSR count). The van der Waals surface area contributed by atoms with Crippen molar-refractivity contribution >= 4 is 5.91 Å². The van der Waals surface area contributed by atoms with Crippen LogP contribution >= 0.6 is 0 Å². The molecule has 2 atom stereocenters. The Morgan fingerprint density at radius 3 is 2.96 bits per heavy atom. The van der Waals surface area contributed by atoms with Crippen LogP contribution in [0, 0.1) is 11.6 Å². The molecule has 1 fully saturated rings. The van der Waals surface area contributed by atoms with E-state index in [2.05, 4.69) is 5.32 Å². The molecule has 1 heterocycles. The highest BCUT2D eigenvalue weighted by Crippen LogP contribution is 2.21. The van der Waals surface area contributed by atoms with Gasteiger partial charge in [-0.3, -0.25) is 4.79 Å². The first-order valence-electron chi connectivity index (χ1n) is 8.03. The highest BCUT2D eigenvalue weighted by molar-refractivity contribution is 5.76. The Morgan fingerprint density at radius 2 is 2.30 bits per heavy atom. The summed E-state index contributed by atoms with van der Waals surface area (Å²) < 4.78 is 37.6. The van der Waals surface area contributed by atoms with Gasteiger partial charge in [-0.05, 0) is 25.3 Å². The summed E-state index contributed by atoms with van der Waals surface area (Å²) in [6.07, 6.45) is 2.90. The molecule has 1 saturated heterocycles. The van der Waals surface area contributed by atoms with Gasteiger partial charge in [0.2, 0.25) is 5.91 Å². The minimum absolute atomic E-state index is 0.134. The van der Waals surface area contributed by atoms with Gasteiger partial charge >= 0.3 is 0 Å². The lowest BCUT2D eigenvalue weighted by molar-refractivity contribution is -0.123. The van der Waals surface area contributed by atoms with Crippen molar-refractivity contribution in [1.29, 1.82) is 0 Å². The van der Waals surface area contributed by atoms with Crippen molar-refractivity contribution in [3.63, 3.8) is 0 Å². The van der Waals surface area contributed by atoms with Crippen LogP contribution in [0.3, 0.4) is 0 Å². The maximum absolute atomic E-state index is 13.8. The van der Waals surface area contributed by atoms with E-state index in [1.54, 1.807) is 0 Å². The quantitative estimate of drug-likeness (QED) is 0.746. The molecule has 1 aromatic carbocycles. The molecule has 0 aromatic heterocycles. The van der Waals surface area contributed by atoms with Crippen LogP contribution in [0.15, 0.2) is 18.2 Å². The van der Waals surface area contributed by atoms with Crippen LogP contribution in [0.2, 0.25) is 0 Å². The largest absolute Gasteiger partial charge is 0.378 e. The summed E-state index contributed by atoms with van der Waals surface area (Å²) in [5, 5.41) is 2.76. The fourth-order valence-corrected chi connectivity index (χ4v) is 2.61. The van der Waals surface area contributed by atoms with E-state index in [9.17, 15) is 13.6 Å². The lowest BCUT2D eigenvalue weighted by Crippen LogP contribution is -2.29. The molecule has 128 valence electrons. The molecule has 23 heavy (non-hydrogen) atoms. The second-order valence-corrected chi connectivity index (χ2v) is 5.65. The Balaban J connectivity index is 1.75. The Bertz CT molecular complexity index is 519. The van der Waals surface area contributed by atoms with Gasteiger partial charge in [-0.25, -0.2) is 8.78 Å². The highest BCUT2D eigenvalue weighted by atomic mass is 19.1.